The standard InChI is InChI=1S/C26H24F4O3/c1-3-12-31-21-11-10-19(23(28)25(21)30)17-6-4-16(5-7-17)18-8-9-20(24(29)22(18)27)26-32-13-15(2)14-33-26/h4-11,15,26H,3,12-14H2,1-2H3. The van der Waals surface area contributed by atoms with Crippen molar-refractivity contribution in [3.63, 3.8) is 0 Å². The highest BCUT2D eigenvalue weighted by Gasteiger charge is 2.26. The lowest BCUT2D eigenvalue weighted by Gasteiger charge is -2.28. The molecule has 0 radical (unpaired) electrons. The number of hydrogen-bond acceptors (Lipinski definition) is 3. The minimum atomic E-state index is -1.06. The first-order valence-corrected chi connectivity index (χ1v) is 10.8. The van der Waals surface area contributed by atoms with Crippen molar-refractivity contribution in [3.8, 4) is 28.0 Å². The number of benzene rings is 3. The molecule has 7 heteroatoms. The molecule has 1 aliphatic heterocycles. The first kappa shape index (κ1) is 23.3. The molecule has 0 aromatic heterocycles. The Morgan fingerprint density at radius 3 is 1.88 bits per heavy atom. The zero-order valence-corrected chi connectivity index (χ0v) is 18.3. The van der Waals surface area contributed by atoms with Crippen molar-refractivity contribution in [2.45, 2.75) is 26.6 Å². The molecule has 0 saturated carbocycles. The van der Waals surface area contributed by atoms with Crippen LogP contribution >= 0.6 is 0 Å². The number of halogens is 4. The Balaban J connectivity index is 1.59. The van der Waals surface area contributed by atoms with Crippen LogP contribution in [0.5, 0.6) is 5.75 Å². The Labute approximate surface area is 189 Å². The van der Waals surface area contributed by atoms with Gasteiger partial charge in [-0.1, -0.05) is 50.2 Å². The Bertz CT molecular complexity index is 1120. The second kappa shape index (κ2) is 9.93. The number of rotatable bonds is 6. The average molecular weight is 460 g/mol. The Morgan fingerprint density at radius 2 is 1.30 bits per heavy atom. The van der Waals surface area contributed by atoms with Gasteiger partial charge in [0.25, 0.3) is 0 Å². The molecule has 0 N–H and O–H groups in total. The van der Waals surface area contributed by atoms with Crippen LogP contribution in [-0.4, -0.2) is 19.8 Å². The molecule has 1 fully saturated rings. The van der Waals surface area contributed by atoms with Gasteiger partial charge in [-0.3, -0.25) is 0 Å². The third-order valence-corrected chi connectivity index (χ3v) is 5.45. The van der Waals surface area contributed by atoms with Gasteiger partial charge in [0.15, 0.2) is 29.5 Å². The lowest BCUT2D eigenvalue weighted by atomic mass is 9.98. The molecule has 0 bridgehead atoms. The fourth-order valence-corrected chi connectivity index (χ4v) is 3.66. The summed E-state index contributed by atoms with van der Waals surface area (Å²) >= 11 is 0. The highest BCUT2D eigenvalue weighted by atomic mass is 19.2. The fourth-order valence-electron chi connectivity index (χ4n) is 3.66. The molecule has 4 rings (SSSR count). The smallest absolute Gasteiger partial charge is 0.201 e. The van der Waals surface area contributed by atoms with E-state index in [0.717, 1.165) is 0 Å². The Morgan fingerprint density at radius 1 is 0.758 bits per heavy atom. The van der Waals surface area contributed by atoms with Gasteiger partial charge in [0, 0.05) is 22.6 Å². The minimum Gasteiger partial charge on any atom is -0.490 e. The Hall–Kier alpha value is -2.90. The maximum absolute atomic E-state index is 14.9. The van der Waals surface area contributed by atoms with Crippen LogP contribution in [0.4, 0.5) is 17.6 Å². The van der Waals surface area contributed by atoms with Crippen molar-refractivity contribution in [2.24, 2.45) is 5.92 Å². The van der Waals surface area contributed by atoms with Gasteiger partial charge in [-0.05, 0) is 29.7 Å². The SMILES string of the molecule is CCCOc1ccc(-c2ccc(-c3ccc(C4OCC(C)CO4)c(F)c3F)cc2)c(F)c1F. The molecule has 33 heavy (non-hydrogen) atoms. The molecule has 0 aliphatic carbocycles. The highest BCUT2D eigenvalue weighted by molar-refractivity contribution is 5.71. The third kappa shape index (κ3) is 4.75. The van der Waals surface area contributed by atoms with Crippen LogP contribution in [0.25, 0.3) is 22.3 Å². The molecule has 0 amide bonds. The maximum Gasteiger partial charge on any atom is 0.201 e. The summed E-state index contributed by atoms with van der Waals surface area (Å²) in [6.45, 7) is 4.89. The summed E-state index contributed by atoms with van der Waals surface area (Å²) < 4.78 is 74.6. The van der Waals surface area contributed by atoms with E-state index in [4.69, 9.17) is 14.2 Å². The highest BCUT2D eigenvalue weighted by Crippen LogP contribution is 2.35. The second-order valence-electron chi connectivity index (χ2n) is 8.10. The molecule has 1 saturated heterocycles. The summed E-state index contributed by atoms with van der Waals surface area (Å²) in [5, 5.41) is 0. The third-order valence-electron chi connectivity index (χ3n) is 5.45. The van der Waals surface area contributed by atoms with Crippen LogP contribution < -0.4 is 4.74 Å². The largest absolute Gasteiger partial charge is 0.490 e. The molecule has 174 valence electrons. The van der Waals surface area contributed by atoms with Crippen molar-refractivity contribution in [1.29, 1.82) is 0 Å². The van der Waals surface area contributed by atoms with Gasteiger partial charge in [-0.25, -0.2) is 13.2 Å². The van der Waals surface area contributed by atoms with Crippen molar-refractivity contribution in [2.75, 3.05) is 19.8 Å². The van der Waals surface area contributed by atoms with Crippen LogP contribution in [0.1, 0.15) is 32.1 Å². The van der Waals surface area contributed by atoms with Gasteiger partial charge in [0.1, 0.15) is 0 Å². The summed E-state index contributed by atoms with van der Waals surface area (Å²) in [4.78, 5) is 0. The molecule has 3 aromatic rings. The van der Waals surface area contributed by atoms with Crippen molar-refractivity contribution in [1.82, 2.24) is 0 Å². The van der Waals surface area contributed by atoms with E-state index in [9.17, 15) is 17.6 Å². The number of ether oxygens (including phenoxy) is 3. The van der Waals surface area contributed by atoms with E-state index in [-0.39, 0.29) is 35.0 Å². The summed E-state index contributed by atoms with van der Waals surface area (Å²) in [7, 11) is 0. The van der Waals surface area contributed by atoms with E-state index in [2.05, 4.69) is 0 Å². The topological polar surface area (TPSA) is 27.7 Å². The quantitative estimate of drug-likeness (QED) is 0.369. The molecule has 1 aliphatic rings. The average Bonchev–Trinajstić information content (AvgIpc) is 2.83. The monoisotopic (exact) mass is 460 g/mol. The molecular formula is C26H24F4O3. The van der Waals surface area contributed by atoms with Crippen molar-refractivity contribution < 1.29 is 31.8 Å². The van der Waals surface area contributed by atoms with Gasteiger partial charge >= 0.3 is 0 Å². The molecule has 0 spiro atoms. The minimum absolute atomic E-state index is 0.00250. The van der Waals surface area contributed by atoms with Crippen molar-refractivity contribution in [3.05, 3.63) is 77.4 Å². The first-order chi connectivity index (χ1) is 15.9. The summed E-state index contributed by atoms with van der Waals surface area (Å²) in [5.41, 5.74) is 0.882. The zero-order chi connectivity index (χ0) is 23.5. The molecule has 3 aromatic carbocycles. The molecule has 0 unspecified atom stereocenters. The lowest BCUT2D eigenvalue weighted by molar-refractivity contribution is -0.203. The summed E-state index contributed by atoms with van der Waals surface area (Å²) in [5.74, 6) is -4.11. The molecular weight excluding hydrogens is 436 g/mol. The van der Waals surface area contributed by atoms with E-state index in [0.29, 0.717) is 30.8 Å². The lowest BCUT2D eigenvalue weighted by Crippen LogP contribution is -2.25. The van der Waals surface area contributed by atoms with Crippen LogP contribution in [0.3, 0.4) is 0 Å². The zero-order valence-electron chi connectivity index (χ0n) is 18.3. The molecule has 3 nitrogen and oxygen atoms in total. The van der Waals surface area contributed by atoms with Crippen LogP contribution in [0.2, 0.25) is 0 Å². The molecule has 0 atom stereocenters. The van der Waals surface area contributed by atoms with E-state index in [1.165, 1.54) is 48.5 Å². The van der Waals surface area contributed by atoms with E-state index >= 15 is 0 Å². The second-order valence-corrected chi connectivity index (χ2v) is 8.10. The van der Waals surface area contributed by atoms with Crippen LogP contribution in [0, 0.1) is 29.2 Å². The van der Waals surface area contributed by atoms with Gasteiger partial charge in [0.05, 0.1) is 19.8 Å². The summed E-state index contributed by atoms with van der Waals surface area (Å²) in [6.07, 6.45) is -0.281. The predicted octanol–water partition coefficient (Wildman–Crippen LogP) is 7.05. The van der Waals surface area contributed by atoms with Gasteiger partial charge in [0.2, 0.25) is 5.82 Å². The number of hydrogen-bond donors (Lipinski definition) is 0. The van der Waals surface area contributed by atoms with E-state index < -0.39 is 29.6 Å². The fraction of sp³-hybridized carbons (Fsp3) is 0.308. The van der Waals surface area contributed by atoms with Gasteiger partial charge in [-0.2, -0.15) is 4.39 Å². The van der Waals surface area contributed by atoms with Crippen LogP contribution in [0.15, 0.2) is 48.5 Å². The normalized spacial score (nSPS) is 18.4. The Kier molecular flexibility index (Phi) is 7.00. The first-order valence-electron chi connectivity index (χ1n) is 10.8. The van der Waals surface area contributed by atoms with Crippen LogP contribution in [-0.2, 0) is 9.47 Å². The maximum atomic E-state index is 14.9. The van der Waals surface area contributed by atoms with Gasteiger partial charge < -0.3 is 14.2 Å². The van der Waals surface area contributed by atoms with Gasteiger partial charge in [-0.15, -0.1) is 0 Å². The van der Waals surface area contributed by atoms with E-state index in [1.807, 2.05) is 13.8 Å². The predicted molar refractivity (Wildman–Crippen MR) is 117 cm³/mol. The van der Waals surface area contributed by atoms with E-state index in [1.54, 1.807) is 0 Å². The van der Waals surface area contributed by atoms with Crippen molar-refractivity contribution >= 4 is 0 Å². The summed E-state index contributed by atoms with van der Waals surface area (Å²) in [6, 6.07) is 11.8. The molecule has 1 heterocycles.